The van der Waals surface area contributed by atoms with E-state index in [1.165, 1.54) is 19.2 Å². The van der Waals surface area contributed by atoms with Crippen LogP contribution in [0.1, 0.15) is 10.4 Å². The molecule has 82 valence electrons. The lowest BCUT2D eigenvalue weighted by molar-refractivity contribution is 0.0601. The minimum Gasteiger partial charge on any atom is -0.465 e. The van der Waals surface area contributed by atoms with Gasteiger partial charge < -0.3 is 4.74 Å². The smallest absolute Gasteiger partial charge is 0.337 e. The molecule has 0 amide bonds. The van der Waals surface area contributed by atoms with Gasteiger partial charge >= 0.3 is 5.97 Å². The molecule has 0 fully saturated rings. The molecule has 1 aromatic rings. The number of carbonyl (C=O) groups excluding carboxylic acids is 1. The second-order valence-corrected chi connectivity index (χ2v) is 4.15. The van der Waals surface area contributed by atoms with E-state index in [0.29, 0.717) is 10.2 Å². The topological polar surface area (TPSA) is 72.5 Å². The van der Waals surface area contributed by atoms with Crippen LogP contribution in [0.4, 0.5) is 5.69 Å². The highest BCUT2D eigenvalue weighted by Gasteiger charge is 2.08. The van der Waals surface area contributed by atoms with Crippen LogP contribution in [-0.2, 0) is 15.6 Å². The van der Waals surface area contributed by atoms with Crippen molar-refractivity contribution in [3.63, 3.8) is 0 Å². The first kappa shape index (κ1) is 12.0. The van der Waals surface area contributed by atoms with Crippen LogP contribution >= 0.6 is 15.9 Å². The predicted molar refractivity (Wildman–Crippen MR) is 59.4 cm³/mol. The van der Waals surface area contributed by atoms with Crippen LogP contribution in [0.2, 0.25) is 0 Å². The maximum atomic E-state index is 11.1. The number of thiol groups is 1. The highest BCUT2D eigenvalue weighted by Crippen LogP contribution is 2.23. The number of halogens is 1. The summed E-state index contributed by atoms with van der Waals surface area (Å²) in [6, 6.07) is 4.48. The molecule has 0 aliphatic carbocycles. The SMILES string of the molecule is COC(=O)c1ccc(Br)c(N[SH](=O)=O)c1. The van der Waals surface area contributed by atoms with Crippen molar-refractivity contribution in [3.8, 4) is 0 Å². The van der Waals surface area contributed by atoms with Crippen molar-refractivity contribution in [2.75, 3.05) is 11.8 Å². The number of anilines is 1. The van der Waals surface area contributed by atoms with Crippen molar-refractivity contribution in [3.05, 3.63) is 28.2 Å². The standard InChI is InChI=1S/C8H8BrNO4S/c1-14-8(11)5-2-3-6(9)7(4-5)10-15(12)13/h2-4,15H,1H3,(H,10,12,13). The number of benzene rings is 1. The molecule has 1 aromatic carbocycles. The van der Waals surface area contributed by atoms with Crippen molar-refractivity contribution in [2.45, 2.75) is 0 Å². The zero-order valence-corrected chi connectivity index (χ0v) is 10.2. The van der Waals surface area contributed by atoms with Crippen molar-refractivity contribution >= 4 is 38.5 Å². The van der Waals surface area contributed by atoms with Gasteiger partial charge in [0, 0.05) is 4.47 Å². The third kappa shape index (κ3) is 3.21. The molecule has 0 saturated carbocycles. The number of carbonyl (C=O) groups is 1. The molecule has 0 aromatic heterocycles. The fraction of sp³-hybridized carbons (Fsp3) is 0.125. The highest BCUT2D eigenvalue weighted by molar-refractivity contribution is 9.10. The average Bonchev–Trinajstić information content (AvgIpc) is 2.19. The van der Waals surface area contributed by atoms with Crippen molar-refractivity contribution < 1.29 is 17.9 Å². The predicted octanol–water partition coefficient (Wildman–Crippen LogP) is 1.17. The van der Waals surface area contributed by atoms with E-state index in [-0.39, 0.29) is 5.56 Å². The molecule has 0 aliphatic rings. The van der Waals surface area contributed by atoms with Gasteiger partial charge in [0.1, 0.15) is 0 Å². The van der Waals surface area contributed by atoms with Crippen LogP contribution < -0.4 is 4.72 Å². The van der Waals surface area contributed by atoms with Gasteiger partial charge in [-0.05, 0) is 34.1 Å². The van der Waals surface area contributed by atoms with Gasteiger partial charge in [-0.3, -0.25) is 4.72 Å². The number of methoxy groups -OCH3 is 1. The van der Waals surface area contributed by atoms with Crippen LogP contribution in [0.15, 0.2) is 22.7 Å². The molecule has 0 atom stereocenters. The lowest BCUT2D eigenvalue weighted by atomic mass is 10.2. The molecule has 0 saturated heterocycles. The number of ether oxygens (including phenoxy) is 1. The second-order valence-electron chi connectivity index (χ2n) is 2.56. The van der Waals surface area contributed by atoms with E-state index >= 15 is 0 Å². The summed E-state index contributed by atoms with van der Waals surface area (Å²) in [6.07, 6.45) is 0. The number of rotatable bonds is 3. The Hall–Kier alpha value is -1.08. The largest absolute Gasteiger partial charge is 0.465 e. The Morgan fingerprint density at radius 3 is 2.67 bits per heavy atom. The van der Waals surface area contributed by atoms with Crippen LogP contribution in [-0.4, -0.2) is 21.5 Å². The second kappa shape index (κ2) is 5.13. The van der Waals surface area contributed by atoms with Gasteiger partial charge in [-0.25, -0.2) is 13.2 Å². The van der Waals surface area contributed by atoms with Gasteiger partial charge in [-0.15, -0.1) is 0 Å². The number of hydrogen-bond acceptors (Lipinski definition) is 4. The van der Waals surface area contributed by atoms with Crippen LogP contribution in [0.5, 0.6) is 0 Å². The number of hydrogen-bond donors (Lipinski definition) is 2. The molecule has 0 radical (unpaired) electrons. The third-order valence-electron chi connectivity index (χ3n) is 1.60. The van der Waals surface area contributed by atoms with E-state index in [9.17, 15) is 13.2 Å². The van der Waals surface area contributed by atoms with Gasteiger partial charge in [0.25, 0.3) is 0 Å². The monoisotopic (exact) mass is 293 g/mol. The minimum atomic E-state index is -2.76. The van der Waals surface area contributed by atoms with E-state index < -0.39 is 16.9 Å². The lowest BCUT2D eigenvalue weighted by Gasteiger charge is -2.04. The summed E-state index contributed by atoms with van der Waals surface area (Å²) in [5, 5.41) is 0. The van der Waals surface area contributed by atoms with Crippen molar-refractivity contribution in [2.24, 2.45) is 0 Å². The van der Waals surface area contributed by atoms with Gasteiger partial charge in [0.2, 0.25) is 10.9 Å². The summed E-state index contributed by atoms with van der Waals surface area (Å²) < 4.78 is 28.2. The first-order valence-corrected chi connectivity index (χ1v) is 5.80. The maximum absolute atomic E-state index is 11.1. The van der Waals surface area contributed by atoms with Gasteiger partial charge in [-0.2, -0.15) is 0 Å². The average molecular weight is 294 g/mol. The Morgan fingerprint density at radius 1 is 1.47 bits per heavy atom. The summed E-state index contributed by atoms with van der Waals surface area (Å²) in [5.41, 5.74) is 0.578. The van der Waals surface area contributed by atoms with Crippen molar-refractivity contribution in [1.82, 2.24) is 0 Å². The summed E-state index contributed by atoms with van der Waals surface area (Å²) in [4.78, 5) is 11.1. The third-order valence-corrected chi connectivity index (χ3v) is 2.71. The highest BCUT2D eigenvalue weighted by atomic mass is 79.9. The minimum absolute atomic E-state index is 0.278. The Bertz CT molecular complexity index is 450. The Kier molecular flexibility index (Phi) is 4.10. The molecular formula is C8H8BrNO4S. The first-order chi connectivity index (χ1) is 7.04. The molecule has 15 heavy (non-hydrogen) atoms. The van der Waals surface area contributed by atoms with Crippen LogP contribution in [0.25, 0.3) is 0 Å². The van der Waals surface area contributed by atoms with E-state index in [1.807, 2.05) is 0 Å². The molecular weight excluding hydrogens is 286 g/mol. The van der Waals surface area contributed by atoms with Crippen LogP contribution in [0.3, 0.4) is 0 Å². The summed E-state index contributed by atoms with van der Waals surface area (Å²) in [5.74, 6) is -0.522. The molecule has 0 unspecified atom stereocenters. The van der Waals surface area contributed by atoms with Gasteiger partial charge in [0.15, 0.2) is 0 Å². The van der Waals surface area contributed by atoms with Gasteiger partial charge in [-0.1, -0.05) is 0 Å². The van der Waals surface area contributed by atoms with Gasteiger partial charge in [0.05, 0.1) is 18.4 Å². The van der Waals surface area contributed by atoms with E-state index in [4.69, 9.17) is 0 Å². The molecule has 0 heterocycles. The summed E-state index contributed by atoms with van der Waals surface area (Å²) >= 11 is 3.15. The molecule has 0 bridgehead atoms. The van der Waals surface area contributed by atoms with E-state index in [2.05, 4.69) is 25.4 Å². The molecule has 1 rings (SSSR count). The molecule has 0 spiro atoms. The number of nitrogens with one attached hydrogen (secondary N) is 1. The fourth-order valence-electron chi connectivity index (χ4n) is 0.954. The zero-order chi connectivity index (χ0) is 11.4. The maximum Gasteiger partial charge on any atom is 0.337 e. The Labute approximate surface area is 96.6 Å². The zero-order valence-electron chi connectivity index (χ0n) is 7.69. The normalized spacial score (nSPS) is 10.1. The lowest BCUT2D eigenvalue weighted by Crippen LogP contribution is -2.03. The molecule has 7 heteroatoms. The summed E-state index contributed by atoms with van der Waals surface area (Å²) in [7, 11) is -1.51. The first-order valence-electron chi connectivity index (χ1n) is 3.83. The Balaban J connectivity index is 3.10. The van der Waals surface area contributed by atoms with Crippen LogP contribution in [0, 0.1) is 0 Å². The molecule has 1 N–H and O–H groups in total. The quantitative estimate of drug-likeness (QED) is 0.648. The van der Waals surface area contributed by atoms with E-state index in [0.717, 1.165) is 0 Å². The number of esters is 1. The summed E-state index contributed by atoms with van der Waals surface area (Å²) in [6.45, 7) is 0. The Morgan fingerprint density at radius 2 is 2.13 bits per heavy atom. The van der Waals surface area contributed by atoms with E-state index in [1.54, 1.807) is 6.07 Å². The molecule has 0 aliphatic heterocycles. The fourth-order valence-corrected chi connectivity index (χ4v) is 1.83. The van der Waals surface area contributed by atoms with Crippen molar-refractivity contribution in [1.29, 1.82) is 0 Å². The molecule has 5 nitrogen and oxygen atoms in total.